The van der Waals surface area contributed by atoms with E-state index in [9.17, 15) is 86.5 Å². The number of alkyl halides is 2. The Morgan fingerprint density at radius 1 is 0.389 bits per heavy atom. The molecule has 0 fully saturated rings. The molecule has 29 nitrogen and oxygen atoms in total. The number of primary sulfonamides is 1. The molecular weight excluding hydrogens is 2250 g/mol. The number of halogens is 3. The SMILES string of the molecule is CC(Cl)OC(=O)Cl.CCN(C(=O)OC(C)Cl)[C@H]1C[C@H](C)S(=O)(=O)c2sc(S(=O)(=O)C[Si](c3ccccc3)(c3ccccc3)C(C)(C)C)cc21.CCN(C(=O)OC(C)OC(C)=O)[C@H]1C[C@H](C)S(=O)(=O)c2sc(S(=O)(=O)C[Si](c3ccccc3)(c3ccccc3)C(C)(C)C)cc21.CCN[C@H]1C[C@H](C)S(=O)(=O)c2sc(S(=O)(=O)C[Si](c3ccccc3)(c3ccccc3)C(C)(C)C)cc21.CCN[C@H]1C[C@H](C)S(=O)(=O)c2sc(S(N)(=O)=O)cc21. The van der Waals surface area contributed by atoms with Gasteiger partial charge in [-0.1, -0.05) is 312 Å². The monoisotopic (exact) mass is 2390 g/mol. The molecule has 6 aromatic carbocycles. The lowest BCUT2D eigenvalue weighted by molar-refractivity contribution is -0.163. The molecule has 3 unspecified atom stereocenters. The molecule has 0 saturated carbocycles. The van der Waals surface area contributed by atoms with Crippen LogP contribution in [0.15, 0.2) is 240 Å². The Bertz CT molecular complexity index is 7270. The van der Waals surface area contributed by atoms with Crippen molar-refractivity contribution < 1.29 is 105 Å². The van der Waals surface area contributed by atoms with Gasteiger partial charge >= 0.3 is 23.6 Å². The van der Waals surface area contributed by atoms with E-state index in [1.54, 1.807) is 47.6 Å². The molecule has 0 radical (unpaired) electrons. The first kappa shape index (κ1) is 123. The summed E-state index contributed by atoms with van der Waals surface area (Å²) in [4.78, 5) is 50.0. The number of sulfonamides is 1. The van der Waals surface area contributed by atoms with Crippen LogP contribution in [0.25, 0.3) is 0 Å². The Morgan fingerprint density at radius 3 is 0.846 bits per heavy atom. The number of sulfone groups is 7. The molecule has 816 valence electrons. The second-order valence-electron chi connectivity index (χ2n) is 40.3. The number of nitrogens with one attached hydrogen (secondary N) is 2. The molecule has 4 aliphatic heterocycles. The molecule has 0 bridgehead atoms. The quantitative estimate of drug-likeness (QED) is 0.0102. The van der Waals surface area contributed by atoms with Gasteiger partial charge in [0.05, 0.1) is 49.2 Å². The van der Waals surface area contributed by atoms with Gasteiger partial charge in [0, 0.05) is 67.3 Å². The average Bonchev–Trinajstić information content (AvgIpc) is 1.37. The summed E-state index contributed by atoms with van der Waals surface area (Å²) in [5.74, 6) is -0.619. The maximum atomic E-state index is 14.6. The van der Waals surface area contributed by atoms with E-state index in [0.29, 0.717) is 42.6 Å². The summed E-state index contributed by atoms with van der Waals surface area (Å²) in [6.07, 6.45) is -1.57. The molecule has 4 N–H and O–H groups in total. The lowest BCUT2D eigenvalue weighted by Gasteiger charge is -2.43. The van der Waals surface area contributed by atoms with E-state index in [2.05, 4.69) is 77.7 Å². The maximum absolute atomic E-state index is 14.6. The van der Waals surface area contributed by atoms with Crippen molar-refractivity contribution in [3.8, 4) is 0 Å². The second-order valence-corrected chi connectivity index (χ2v) is 80.7. The lowest BCUT2D eigenvalue weighted by atomic mass is 10.0. The summed E-state index contributed by atoms with van der Waals surface area (Å²) >= 11 is 19.0. The molecule has 11 atom stereocenters. The number of benzene rings is 6. The molecule has 14 rings (SSSR count). The Balaban J connectivity index is 0.000000204. The topological polar surface area (TPSA) is 435 Å². The van der Waals surface area contributed by atoms with Crippen molar-refractivity contribution in [2.75, 3.05) is 42.3 Å². The van der Waals surface area contributed by atoms with Crippen molar-refractivity contribution in [2.45, 2.75) is 282 Å². The Kier molecular flexibility index (Phi) is 40.5. The number of hydrogen-bond donors (Lipinski definition) is 3. The lowest BCUT2D eigenvalue weighted by Crippen LogP contribution is -2.68. The maximum Gasteiger partial charge on any atom is 0.413 e. The zero-order valence-corrected chi connectivity index (χ0v) is 102. The molecular formula is C102H134Cl3N5O24S12Si3. The molecule has 4 aliphatic rings. The van der Waals surface area contributed by atoms with Crippen molar-refractivity contribution in [2.24, 2.45) is 5.14 Å². The van der Waals surface area contributed by atoms with Crippen LogP contribution in [0, 0.1) is 0 Å². The number of hydrogen-bond acceptors (Lipinski definition) is 30. The third-order valence-electron chi connectivity index (χ3n) is 27.5. The zero-order valence-electron chi connectivity index (χ0n) is 87.1. The third-order valence-corrected chi connectivity index (χ3v) is 74.7. The van der Waals surface area contributed by atoms with Crippen LogP contribution >= 0.6 is 80.1 Å². The molecule has 8 heterocycles. The summed E-state index contributed by atoms with van der Waals surface area (Å²) in [6, 6.07) is 63.2. The number of thiophene rings is 4. The largest absolute Gasteiger partial charge is 0.434 e. The first-order valence-corrected chi connectivity index (χ1v) is 72.3. The molecule has 4 aromatic heterocycles. The standard InChI is InChI=1S/C32H41NO8S3Si.C30H38ClNO6S3Si.C27H35NO4S3Si.C10H16N2O4S3.C3H4Cl2O2/c1-8-33(31(35)41-24(4)40-23(3)34)28-19-22(2)44(38,39)30-27(28)20-29(42-30)43(36,37)21-45(32(5,6)7,25-15-11-9-12-16-25)26-17-13-10-14-18-26;1-7-32(29(33)38-22(3)31)26-18-21(2)41(36,37)28-25(26)19-27(39-28)40(34,35)20-42(30(4,5)6,23-14-10-8-11-15-23)24-16-12-9-13-17-24;1-6-28-24-17-20(2)35(31,32)26-23(24)18-25(33-26)34(29,30)19-36(27(3,4)5,21-13-9-7-10-14-21)22-15-11-8-12-16-22;1-3-12-8-4-6(2)18(13,14)10-7(8)5-9(17-10)19(11,15)16;1-2(4)7-3(5)6/h9-18,20,22,24,28H,8,19,21H2,1-7H3;8-17,19,21-22,26H,7,18,20H2,1-6H3;7-16,18,20,24,28H,6,17,19H2,1-5H3;5-6,8,12H,3-4H2,1-2H3,(H2,11,15,16);2H,1H3/t22-,24?,28-;21-,22?,26-;20-,24-;6-,8-;/m0000./s1. The number of ether oxygens (including phenoxy) is 4. The van der Waals surface area contributed by atoms with E-state index in [1.165, 1.54) is 55.7 Å². The minimum atomic E-state index is -4.04. The van der Waals surface area contributed by atoms with Gasteiger partial charge in [0.2, 0.25) is 16.3 Å². The summed E-state index contributed by atoms with van der Waals surface area (Å²) in [5.41, 5.74) is -0.679. The van der Waals surface area contributed by atoms with Crippen LogP contribution in [0.3, 0.4) is 0 Å². The van der Waals surface area contributed by atoms with Gasteiger partial charge in [-0.2, -0.15) is 0 Å². The van der Waals surface area contributed by atoms with E-state index in [4.69, 9.17) is 54.2 Å². The summed E-state index contributed by atoms with van der Waals surface area (Å²) < 4.78 is 234. The minimum Gasteiger partial charge on any atom is -0.434 e. The third kappa shape index (κ3) is 27.1. The number of fused-ring (bicyclic) bond motifs is 4. The van der Waals surface area contributed by atoms with Crippen LogP contribution in [0.4, 0.5) is 14.4 Å². The van der Waals surface area contributed by atoms with Gasteiger partial charge in [-0.3, -0.25) is 4.79 Å². The molecule has 149 heavy (non-hydrogen) atoms. The fourth-order valence-electron chi connectivity index (χ4n) is 19.8. The number of amides is 2. The van der Waals surface area contributed by atoms with E-state index in [1.807, 2.05) is 196 Å². The number of carbonyl (C=O) groups excluding carboxylic acids is 4. The zero-order chi connectivity index (χ0) is 111. The number of rotatable bonds is 28. The van der Waals surface area contributed by atoms with E-state index in [-0.39, 0.29) is 98.4 Å². The number of nitrogens with two attached hydrogens (primary N) is 1. The van der Waals surface area contributed by atoms with Crippen molar-refractivity contribution in [1.29, 1.82) is 0 Å². The molecule has 0 spiro atoms. The van der Waals surface area contributed by atoms with Gasteiger partial charge in [-0.05, 0) is 139 Å². The highest BCUT2D eigenvalue weighted by atomic mass is 35.5. The summed E-state index contributed by atoms with van der Waals surface area (Å²) in [7, 11) is -39.4. The van der Waals surface area contributed by atoms with Crippen LogP contribution in [-0.4, -0.2) is 206 Å². The van der Waals surface area contributed by atoms with Crippen molar-refractivity contribution in [3.05, 3.63) is 229 Å². The fraction of sp³-hybridized carbons (Fsp3) is 0.451. The first-order valence-electron chi connectivity index (χ1n) is 48.4. The van der Waals surface area contributed by atoms with Gasteiger partial charge in [0.25, 0.3) is 0 Å². The predicted molar refractivity (Wildman–Crippen MR) is 603 cm³/mol. The predicted octanol–water partition coefficient (Wildman–Crippen LogP) is 17.8. The van der Waals surface area contributed by atoms with Gasteiger partial charge in [0.15, 0.2) is 80.0 Å². The van der Waals surface area contributed by atoms with Crippen LogP contribution < -0.4 is 46.9 Å². The number of nitrogens with zero attached hydrogens (tertiary/aromatic N) is 2. The van der Waals surface area contributed by atoms with Crippen molar-refractivity contribution in [1.82, 2.24) is 20.4 Å². The first-order chi connectivity index (χ1) is 69.2. The highest BCUT2D eigenvalue weighted by molar-refractivity contribution is 7.99. The van der Waals surface area contributed by atoms with Gasteiger partial charge in [-0.15, -0.1) is 45.3 Å². The normalized spacial score (nSPS) is 20.0. The van der Waals surface area contributed by atoms with E-state index >= 15 is 0 Å². The molecule has 10 aromatic rings. The molecule has 0 saturated heterocycles. The Labute approximate surface area is 913 Å². The Hall–Kier alpha value is -7.40. The van der Waals surface area contributed by atoms with E-state index in [0.717, 1.165) is 76.5 Å². The highest BCUT2D eigenvalue weighted by Gasteiger charge is 2.57. The smallest absolute Gasteiger partial charge is 0.413 e. The average molecular weight is 2390 g/mol. The second kappa shape index (κ2) is 48.9. The van der Waals surface area contributed by atoms with Gasteiger partial charge in [0.1, 0.15) is 57.9 Å². The summed E-state index contributed by atoms with van der Waals surface area (Å²) in [6.45, 7) is 40.1. The van der Waals surface area contributed by atoms with Crippen LogP contribution in [-0.2, 0) is 103 Å². The van der Waals surface area contributed by atoms with Crippen LogP contribution in [0.5, 0.6) is 0 Å². The molecule has 0 aliphatic carbocycles. The van der Waals surface area contributed by atoms with E-state index < -0.39 is 187 Å². The fourth-order valence-corrected chi connectivity index (χ4v) is 68.1. The number of esters is 1. The molecule has 2 amide bonds. The van der Waals surface area contributed by atoms with Gasteiger partial charge < -0.3 is 39.4 Å². The highest BCUT2D eigenvalue weighted by Crippen LogP contribution is 2.52. The van der Waals surface area contributed by atoms with Crippen LogP contribution in [0.2, 0.25) is 15.1 Å². The number of carbonyl (C=O) groups is 4. The Morgan fingerprint density at radius 2 is 0.624 bits per heavy atom. The van der Waals surface area contributed by atoms with Crippen molar-refractivity contribution >= 4 is 238 Å². The minimum absolute atomic E-state index is 0.00158. The molecule has 47 heteroatoms. The van der Waals surface area contributed by atoms with Crippen molar-refractivity contribution in [3.63, 3.8) is 0 Å². The van der Waals surface area contributed by atoms with Crippen LogP contribution in [0.1, 0.15) is 218 Å². The van der Waals surface area contributed by atoms with Gasteiger partial charge in [-0.25, -0.2) is 86.9 Å². The summed E-state index contributed by atoms with van der Waals surface area (Å²) in [5, 5.41) is 13.4.